The molecule has 1 unspecified atom stereocenters. The van der Waals surface area contributed by atoms with Crippen LogP contribution >= 0.6 is 0 Å². The van der Waals surface area contributed by atoms with Crippen LogP contribution in [0, 0.1) is 27.3 Å². The second kappa shape index (κ2) is 7.79. The van der Waals surface area contributed by atoms with Crippen molar-refractivity contribution < 1.29 is 9.31 Å². The number of aromatic nitrogens is 2. The molecule has 0 amide bonds. The van der Waals surface area contributed by atoms with Crippen LogP contribution in [0.2, 0.25) is 0 Å². The van der Waals surface area contributed by atoms with E-state index in [1.54, 1.807) is 30.3 Å². The third-order valence-corrected chi connectivity index (χ3v) is 5.07. The van der Waals surface area contributed by atoms with Gasteiger partial charge in [0.1, 0.15) is 11.5 Å². The van der Waals surface area contributed by atoms with Crippen LogP contribution in [0.15, 0.2) is 47.4 Å². The third-order valence-electron chi connectivity index (χ3n) is 5.07. The lowest BCUT2D eigenvalue weighted by Gasteiger charge is -2.35. The molecular formula is C20H17FN6O3. The molecule has 1 saturated heterocycles. The molecule has 3 heterocycles. The molecule has 1 aliphatic heterocycles. The smallest absolute Gasteiger partial charge is 0.367 e. The number of halogens is 1. The van der Waals surface area contributed by atoms with Gasteiger partial charge in [-0.3, -0.25) is 19.3 Å². The Bertz CT molecular complexity index is 1240. The molecule has 1 fully saturated rings. The minimum atomic E-state index is -0.765. The Morgan fingerprint density at radius 2 is 2.17 bits per heavy atom. The number of nitrogens with one attached hydrogen (secondary N) is 1. The van der Waals surface area contributed by atoms with Crippen LogP contribution in [0.4, 0.5) is 21.6 Å². The molecule has 152 valence electrons. The number of hydrogen-bond donors (Lipinski definition) is 1. The van der Waals surface area contributed by atoms with Gasteiger partial charge in [-0.25, -0.2) is 9.37 Å². The highest BCUT2D eigenvalue weighted by Crippen LogP contribution is 2.27. The predicted octanol–water partition coefficient (Wildman–Crippen LogP) is 2.69. The molecule has 30 heavy (non-hydrogen) atoms. The van der Waals surface area contributed by atoms with E-state index in [1.807, 2.05) is 11.0 Å². The Kier molecular flexibility index (Phi) is 5.02. The summed E-state index contributed by atoms with van der Waals surface area (Å²) in [6.07, 6.45) is 2.83. The number of hydrogen-bond acceptors (Lipinski definition) is 7. The normalized spacial score (nSPS) is 16.3. The number of nitriles is 1. The maximum absolute atomic E-state index is 14.4. The van der Waals surface area contributed by atoms with Crippen molar-refractivity contribution in [1.29, 1.82) is 5.26 Å². The summed E-state index contributed by atoms with van der Waals surface area (Å²) in [5, 5.41) is 23.5. The van der Waals surface area contributed by atoms with Crippen molar-refractivity contribution in [2.24, 2.45) is 0 Å². The molecule has 0 aliphatic carbocycles. The molecule has 0 radical (unpaired) electrons. The SMILES string of the molecule is N#Cc1ccc(N2CCCC(Nc3nc4ccccn4c(=O)c3[N+](=O)[O-])C2)c(F)c1. The first-order valence-corrected chi connectivity index (χ1v) is 9.35. The van der Waals surface area contributed by atoms with E-state index in [9.17, 15) is 19.3 Å². The standard InChI is InChI=1S/C20H17FN6O3/c21-15-10-13(11-22)6-7-16(15)25-8-3-4-14(12-25)23-19-18(27(29)30)20(28)26-9-2-1-5-17(26)24-19/h1-2,5-7,9-10,14,23H,3-4,8,12H2. The van der Waals surface area contributed by atoms with Gasteiger partial charge < -0.3 is 10.2 Å². The molecule has 4 rings (SSSR count). The van der Waals surface area contributed by atoms with Gasteiger partial charge in [0.25, 0.3) is 0 Å². The van der Waals surface area contributed by atoms with Gasteiger partial charge in [0.2, 0.25) is 5.82 Å². The minimum absolute atomic E-state index is 0.0941. The van der Waals surface area contributed by atoms with Crippen molar-refractivity contribution in [3.05, 3.63) is 74.4 Å². The quantitative estimate of drug-likeness (QED) is 0.521. The van der Waals surface area contributed by atoms with Gasteiger partial charge in [0, 0.05) is 25.3 Å². The van der Waals surface area contributed by atoms with Crippen LogP contribution in [-0.4, -0.2) is 33.4 Å². The zero-order valence-electron chi connectivity index (χ0n) is 15.8. The lowest BCUT2D eigenvalue weighted by atomic mass is 10.0. The number of anilines is 2. The van der Waals surface area contributed by atoms with Gasteiger partial charge in [-0.05, 0) is 43.2 Å². The van der Waals surface area contributed by atoms with E-state index in [4.69, 9.17) is 5.26 Å². The van der Waals surface area contributed by atoms with Crippen molar-refractivity contribution in [2.75, 3.05) is 23.3 Å². The van der Waals surface area contributed by atoms with E-state index in [2.05, 4.69) is 10.3 Å². The van der Waals surface area contributed by atoms with Crippen molar-refractivity contribution >= 4 is 22.8 Å². The molecule has 1 aromatic carbocycles. The van der Waals surface area contributed by atoms with Gasteiger partial charge in [-0.1, -0.05) is 6.07 Å². The van der Waals surface area contributed by atoms with E-state index in [0.717, 1.165) is 10.8 Å². The second-order valence-electron chi connectivity index (χ2n) is 7.01. The Morgan fingerprint density at radius 1 is 1.33 bits per heavy atom. The predicted molar refractivity (Wildman–Crippen MR) is 108 cm³/mol. The summed E-state index contributed by atoms with van der Waals surface area (Å²) >= 11 is 0. The zero-order valence-corrected chi connectivity index (χ0v) is 15.8. The van der Waals surface area contributed by atoms with Crippen LogP contribution in [0.5, 0.6) is 0 Å². The highest BCUT2D eigenvalue weighted by Gasteiger charge is 2.28. The number of pyridine rings is 1. The van der Waals surface area contributed by atoms with Gasteiger partial charge in [0.15, 0.2) is 0 Å². The average molecular weight is 408 g/mol. The second-order valence-corrected chi connectivity index (χ2v) is 7.01. The fourth-order valence-electron chi connectivity index (χ4n) is 3.69. The highest BCUT2D eigenvalue weighted by atomic mass is 19.1. The first-order chi connectivity index (χ1) is 14.5. The summed E-state index contributed by atoms with van der Waals surface area (Å²) in [5.41, 5.74) is -0.499. The maximum atomic E-state index is 14.4. The van der Waals surface area contributed by atoms with Crippen molar-refractivity contribution in [1.82, 2.24) is 9.38 Å². The Hall–Kier alpha value is -4.00. The molecule has 0 bridgehead atoms. The van der Waals surface area contributed by atoms with E-state index >= 15 is 0 Å². The number of nitrogens with zero attached hydrogens (tertiary/aromatic N) is 5. The summed E-state index contributed by atoms with van der Waals surface area (Å²) in [5.74, 6) is -0.592. The van der Waals surface area contributed by atoms with Crippen LogP contribution in [0.1, 0.15) is 18.4 Å². The molecule has 3 aromatic rings. The number of nitro groups is 1. The topological polar surface area (TPSA) is 117 Å². The lowest BCUT2D eigenvalue weighted by molar-refractivity contribution is -0.385. The molecule has 10 heteroatoms. The summed E-state index contributed by atoms with van der Waals surface area (Å²) in [7, 11) is 0. The number of piperidine rings is 1. The summed E-state index contributed by atoms with van der Waals surface area (Å²) in [4.78, 5) is 29.5. The van der Waals surface area contributed by atoms with Crippen molar-refractivity contribution in [3.8, 4) is 6.07 Å². The number of fused-ring (bicyclic) bond motifs is 1. The molecule has 1 aliphatic rings. The first-order valence-electron chi connectivity index (χ1n) is 9.35. The molecular weight excluding hydrogens is 391 g/mol. The van der Waals surface area contributed by atoms with Gasteiger partial charge >= 0.3 is 11.2 Å². The first kappa shape index (κ1) is 19.3. The fourth-order valence-corrected chi connectivity index (χ4v) is 3.69. The molecule has 9 nitrogen and oxygen atoms in total. The molecule has 0 saturated carbocycles. The third kappa shape index (κ3) is 3.53. The Labute approximate surface area is 170 Å². The van der Waals surface area contributed by atoms with Gasteiger partial charge in [-0.15, -0.1) is 0 Å². The Morgan fingerprint density at radius 3 is 2.90 bits per heavy atom. The molecule has 2 aromatic heterocycles. The number of benzene rings is 1. The number of rotatable bonds is 4. The molecule has 0 spiro atoms. The largest absolute Gasteiger partial charge is 0.376 e. The molecule has 1 atom stereocenters. The van der Waals surface area contributed by atoms with Crippen LogP contribution in [0.3, 0.4) is 0 Å². The van der Waals surface area contributed by atoms with Crippen LogP contribution in [-0.2, 0) is 0 Å². The van der Waals surface area contributed by atoms with Crippen molar-refractivity contribution in [2.45, 2.75) is 18.9 Å². The van der Waals surface area contributed by atoms with Crippen molar-refractivity contribution in [3.63, 3.8) is 0 Å². The highest BCUT2D eigenvalue weighted by molar-refractivity contribution is 5.61. The monoisotopic (exact) mass is 408 g/mol. The van der Waals surface area contributed by atoms with Gasteiger partial charge in [-0.2, -0.15) is 5.26 Å². The van der Waals surface area contributed by atoms with Crippen LogP contribution < -0.4 is 15.8 Å². The zero-order chi connectivity index (χ0) is 21.3. The van der Waals surface area contributed by atoms with E-state index in [-0.39, 0.29) is 17.4 Å². The minimum Gasteiger partial charge on any atom is -0.367 e. The fraction of sp³-hybridized carbons (Fsp3) is 0.250. The van der Waals surface area contributed by atoms with E-state index in [1.165, 1.54) is 12.3 Å². The van der Waals surface area contributed by atoms with E-state index in [0.29, 0.717) is 30.8 Å². The summed E-state index contributed by atoms with van der Waals surface area (Å²) < 4.78 is 15.5. The van der Waals surface area contributed by atoms with E-state index < -0.39 is 22.0 Å². The maximum Gasteiger partial charge on any atom is 0.376 e. The summed E-state index contributed by atoms with van der Waals surface area (Å²) in [6.45, 7) is 0.979. The molecule has 1 N–H and O–H groups in total. The van der Waals surface area contributed by atoms with Crippen LogP contribution in [0.25, 0.3) is 5.65 Å². The average Bonchev–Trinajstić information content (AvgIpc) is 2.73. The lowest BCUT2D eigenvalue weighted by Crippen LogP contribution is -2.43. The summed E-state index contributed by atoms with van der Waals surface area (Å²) in [6, 6.07) is 10.8. The van der Waals surface area contributed by atoms with Gasteiger partial charge in [0.05, 0.1) is 22.2 Å². The Balaban J connectivity index is 1.64.